The summed E-state index contributed by atoms with van der Waals surface area (Å²) in [5.41, 5.74) is 4.21. The van der Waals surface area contributed by atoms with Crippen LogP contribution in [0, 0.1) is 0 Å². The topological polar surface area (TPSA) is 75.1 Å². The van der Waals surface area contributed by atoms with Crippen molar-refractivity contribution in [2.24, 2.45) is 0 Å². The maximum absolute atomic E-state index is 12.2. The van der Waals surface area contributed by atoms with E-state index in [0.717, 1.165) is 53.9 Å². The summed E-state index contributed by atoms with van der Waals surface area (Å²) in [6, 6.07) is 15.7. The lowest BCUT2D eigenvalue weighted by atomic mass is 9.94. The Morgan fingerprint density at radius 3 is 2.65 bits per heavy atom. The monoisotopic (exact) mass is 345 g/mol. The van der Waals surface area contributed by atoms with E-state index >= 15 is 0 Å². The standard InChI is InChI=1S/C20H19N5O/c26-18-12-17(14-8-10-21-11-9-14)25-20(23-18)15-6-7-16(22-19(15)24-25)13-4-2-1-3-5-13/h1-7,12,14,21H,8-11H2,(H,23,26). The van der Waals surface area contributed by atoms with Crippen LogP contribution >= 0.6 is 0 Å². The minimum absolute atomic E-state index is 0.0834. The van der Waals surface area contributed by atoms with Crippen molar-refractivity contribution in [1.82, 2.24) is 24.9 Å². The highest BCUT2D eigenvalue weighted by atomic mass is 16.1. The van der Waals surface area contributed by atoms with Crippen molar-refractivity contribution in [2.45, 2.75) is 18.8 Å². The van der Waals surface area contributed by atoms with E-state index in [4.69, 9.17) is 10.1 Å². The van der Waals surface area contributed by atoms with E-state index in [1.807, 2.05) is 47.0 Å². The van der Waals surface area contributed by atoms with Gasteiger partial charge in [0.2, 0.25) is 0 Å². The summed E-state index contributed by atoms with van der Waals surface area (Å²) in [4.78, 5) is 19.9. The molecule has 26 heavy (non-hydrogen) atoms. The normalized spacial score (nSPS) is 15.7. The highest BCUT2D eigenvalue weighted by molar-refractivity contribution is 5.91. The highest BCUT2D eigenvalue weighted by Crippen LogP contribution is 2.27. The Labute approximate surface area is 149 Å². The average molecular weight is 345 g/mol. The number of hydrogen-bond acceptors (Lipinski definition) is 4. The van der Waals surface area contributed by atoms with Crippen LogP contribution in [0.4, 0.5) is 0 Å². The van der Waals surface area contributed by atoms with Gasteiger partial charge in [-0.2, -0.15) is 0 Å². The minimum atomic E-state index is -0.0834. The molecule has 0 atom stereocenters. The van der Waals surface area contributed by atoms with Gasteiger partial charge in [0.1, 0.15) is 5.65 Å². The third kappa shape index (κ3) is 2.50. The van der Waals surface area contributed by atoms with Crippen LogP contribution in [0.3, 0.4) is 0 Å². The predicted molar refractivity (Wildman–Crippen MR) is 101 cm³/mol. The van der Waals surface area contributed by atoms with Crippen molar-refractivity contribution in [3.8, 4) is 11.3 Å². The fourth-order valence-corrected chi connectivity index (χ4v) is 3.80. The number of H-pyrrole nitrogens is 1. The van der Waals surface area contributed by atoms with Crippen LogP contribution in [-0.2, 0) is 0 Å². The molecule has 1 aliphatic heterocycles. The Morgan fingerprint density at radius 1 is 1.04 bits per heavy atom. The molecule has 1 fully saturated rings. The van der Waals surface area contributed by atoms with Crippen LogP contribution in [0.25, 0.3) is 27.9 Å². The Balaban J connectivity index is 1.71. The van der Waals surface area contributed by atoms with Gasteiger partial charge in [-0.15, -0.1) is 5.10 Å². The molecule has 6 nitrogen and oxygen atoms in total. The summed E-state index contributed by atoms with van der Waals surface area (Å²) in [6.45, 7) is 1.94. The van der Waals surface area contributed by atoms with E-state index in [9.17, 15) is 4.79 Å². The zero-order valence-electron chi connectivity index (χ0n) is 14.3. The van der Waals surface area contributed by atoms with Crippen molar-refractivity contribution in [1.29, 1.82) is 0 Å². The lowest BCUT2D eigenvalue weighted by molar-refractivity contribution is 0.446. The van der Waals surface area contributed by atoms with Gasteiger partial charge in [0.05, 0.1) is 16.8 Å². The third-order valence-corrected chi connectivity index (χ3v) is 5.13. The van der Waals surface area contributed by atoms with Gasteiger partial charge in [0.15, 0.2) is 5.65 Å². The van der Waals surface area contributed by atoms with Gasteiger partial charge < -0.3 is 10.3 Å². The van der Waals surface area contributed by atoms with Gasteiger partial charge in [0.25, 0.3) is 5.56 Å². The number of hydrogen-bond donors (Lipinski definition) is 2. The molecule has 5 rings (SSSR count). The van der Waals surface area contributed by atoms with Crippen molar-refractivity contribution in [3.05, 3.63) is 64.6 Å². The van der Waals surface area contributed by atoms with Gasteiger partial charge in [-0.05, 0) is 38.1 Å². The first-order valence-corrected chi connectivity index (χ1v) is 8.98. The minimum Gasteiger partial charge on any atom is -0.317 e. The second-order valence-corrected chi connectivity index (χ2v) is 6.78. The molecule has 0 aliphatic carbocycles. The zero-order chi connectivity index (χ0) is 17.5. The molecule has 1 aliphatic rings. The molecule has 0 radical (unpaired) electrons. The summed E-state index contributed by atoms with van der Waals surface area (Å²) >= 11 is 0. The Bertz CT molecular complexity index is 1140. The molecule has 2 N–H and O–H groups in total. The van der Waals surface area contributed by atoms with E-state index in [2.05, 4.69) is 10.3 Å². The molecule has 130 valence electrons. The van der Waals surface area contributed by atoms with Crippen molar-refractivity contribution in [3.63, 3.8) is 0 Å². The number of fused-ring (bicyclic) bond motifs is 3. The van der Waals surface area contributed by atoms with Crippen LogP contribution in [-0.4, -0.2) is 32.7 Å². The van der Waals surface area contributed by atoms with Crippen LogP contribution in [0.1, 0.15) is 24.5 Å². The van der Waals surface area contributed by atoms with E-state index < -0.39 is 0 Å². The molecular weight excluding hydrogens is 326 g/mol. The van der Waals surface area contributed by atoms with Crippen molar-refractivity contribution < 1.29 is 0 Å². The molecule has 0 bridgehead atoms. The van der Waals surface area contributed by atoms with Crippen LogP contribution in [0.2, 0.25) is 0 Å². The lowest BCUT2D eigenvalue weighted by Crippen LogP contribution is -2.28. The maximum Gasteiger partial charge on any atom is 0.251 e. The first-order chi connectivity index (χ1) is 12.8. The number of rotatable bonds is 2. The molecule has 3 aromatic heterocycles. The van der Waals surface area contributed by atoms with Gasteiger partial charge in [0, 0.05) is 17.5 Å². The lowest BCUT2D eigenvalue weighted by Gasteiger charge is -2.22. The number of aromatic amines is 1. The maximum atomic E-state index is 12.2. The number of nitrogens with one attached hydrogen (secondary N) is 2. The number of pyridine rings is 1. The second kappa shape index (κ2) is 6.07. The van der Waals surface area contributed by atoms with Crippen LogP contribution < -0.4 is 10.9 Å². The molecule has 1 aromatic carbocycles. The molecule has 0 saturated carbocycles. The number of piperidine rings is 1. The summed E-state index contributed by atoms with van der Waals surface area (Å²) < 4.78 is 1.88. The molecular formula is C20H19N5O. The SMILES string of the molecule is O=c1cc(C2CCNCC2)n2nc3nc(-c4ccccc4)ccc3c2[nH]1. The summed E-state index contributed by atoms with van der Waals surface area (Å²) in [6.07, 6.45) is 2.02. The number of benzene rings is 1. The second-order valence-electron chi connectivity index (χ2n) is 6.78. The fraction of sp³-hybridized carbons (Fsp3) is 0.250. The van der Waals surface area contributed by atoms with Gasteiger partial charge >= 0.3 is 0 Å². The number of nitrogens with zero attached hydrogens (tertiary/aromatic N) is 3. The average Bonchev–Trinajstić information content (AvgIpc) is 3.06. The van der Waals surface area contributed by atoms with E-state index in [0.29, 0.717) is 11.6 Å². The van der Waals surface area contributed by atoms with Gasteiger partial charge in [-0.25, -0.2) is 9.50 Å². The van der Waals surface area contributed by atoms with Crippen molar-refractivity contribution >= 4 is 16.7 Å². The smallest absolute Gasteiger partial charge is 0.251 e. The molecule has 4 heterocycles. The quantitative estimate of drug-likeness (QED) is 0.586. The first kappa shape index (κ1) is 15.3. The highest BCUT2D eigenvalue weighted by Gasteiger charge is 2.21. The fourth-order valence-electron chi connectivity index (χ4n) is 3.80. The Morgan fingerprint density at radius 2 is 1.85 bits per heavy atom. The van der Waals surface area contributed by atoms with Crippen LogP contribution in [0.5, 0.6) is 0 Å². The predicted octanol–water partition coefficient (Wildman–Crippen LogP) is 2.70. The summed E-state index contributed by atoms with van der Waals surface area (Å²) in [7, 11) is 0. The summed E-state index contributed by atoms with van der Waals surface area (Å²) in [5.74, 6) is 0.337. The molecule has 4 aromatic rings. The van der Waals surface area contributed by atoms with E-state index in [1.165, 1.54) is 0 Å². The Hall–Kier alpha value is -2.99. The molecule has 1 saturated heterocycles. The van der Waals surface area contributed by atoms with Gasteiger partial charge in [-0.1, -0.05) is 30.3 Å². The largest absolute Gasteiger partial charge is 0.317 e. The molecule has 0 amide bonds. The molecule has 6 heteroatoms. The molecule has 0 unspecified atom stereocenters. The van der Waals surface area contributed by atoms with Gasteiger partial charge in [-0.3, -0.25) is 4.79 Å². The summed E-state index contributed by atoms with van der Waals surface area (Å²) in [5, 5.41) is 8.98. The number of aromatic nitrogens is 4. The van der Waals surface area contributed by atoms with Crippen molar-refractivity contribution in [2.75, 3.05) is 13.1 Å². The zero-order valence-corrected chi connectivity index (χ0v) is 14.3. The van der Waals surface area contributed by atoms with E-state index in [1.54, 1.807) is 6.07 Å². The third-order valence-electron chi connectivity index (χ3n) is 5.13. The molecule has 0 spiro atoms. The Kier molecular flexibility index (Phi) is 3.57. The van der Waals surface area contributed by atoms with Crippen LogP contribution in [0.15, 0.2) is 53.3 Å². The first-order valence-electron chi connectivity index (χ1n) is 8.98. The van der Waals surface area contributed by atoms with E-state index in [-0.39, 0.29) is 5.56 Å².